The lowest BCUT2D eigenvalue weighted by Gasteiger charge is -1.67. The molecule has 0 aromatic rings. The van der Waals surface area contributed by atoms with E-state index in [0.29, 0.717) is 5.57 Å². The monoisotopic (exact) mass is 96.0 g/mol. The van der Waals surface area contributed by atoms with Gasteiger partial charge < -0.3 is 0 Å². The van der Waals surface area contributed by atoms with Gasteiger partial charge in [-0.25, -0.2) is 0 Å². The summed E-state index contributed by atoms with van der Waals surface area (Å²) in [7, 11) is 0. The fourth-order valence-electron chi connectivity index (χ4n) is 0.110. The van der Waals surface area contributed by atoms with Crippen molar-refractivity contribution in [2.24, 2.45) is 0 Å². The van der Waals surface area contributed by atoms with E-state index in [0.717, 1.165) is 0 Å². The minimum absolute atomic E-state index is 0.363. The molecule has 7 heavy (non-hydrogen) atoms. The second-order valence-electron chi connectivity index (χ2n) is 1.21. The summed E-state index contributed by atoms with van der Waals surface area (Å²) >= 11 is 0. The summed E-state index contributed by atoms with van der Waals surface area (Å²) in [5.74, 6) is -0.444. The summed E-state index contributed by atoms with van der Waals surface area (Å²) in [5.41, 5.74) is 0.363. The summed E-state index contributed by atoms with van der Waals surface area (Å²) in [5, 5.41) is 0. The largest absolute Gasteiger partial charge is 0.542 e. The van der Waals surface area contributed by atoms with Gasteiger partial charge in [-0.2, -0.15) is 4.79 Å². The highest BCUT2D eigenvalue weighted by molar-refractivity contribution is 6.00. The second kappa shape index (κ2) is 2.14. The highest BCUT2D eigenvalue weighted by Gasteiger charge is 2.07. The summed E-state index contributed by atoms with van der Waals surface area (Å²) < 4.78 is 0. The number of amides is 1. The van der Waals surface area contributed by atoms with Gasteiger partial charge in [-0.3, -0.25) is 0 Å². The van der Waals surface area contributed by atoms with Crippen LogP contribution in [0.2, 0.25) is 0 Å². The highest BCUT2D eigenvalue weighted by Crippen LogP contribution is 1.87. The molecule has 1 amide bonds. The van der Waals surface area contributed by atoms with E-state index in [4.69, 9.17) is 0 Å². The predicted octanol–water partition coefficient (Wildman–Crippen LogP) is 1.05. The molecule has 0 saturated carbocycles. The van der Waals surface area contributed by atoms with E-state index in [1.54, 1.807) is 6.92 Å². The zero-order valence-corrected chi connectivity index (χ0v) is 4.14. The number of carbonyl (C=O) groups is 1. The van der Waals surface area contributed by atoms with E-state index in [-0.39, 0.29) is 0 Å². The van der Waals surface area contributed by atoms with Gasteiger partial charge in [0.1, 0.15) is 0 Å². The molecule has 0 N–H and O–H groups in total. The smallest absolute Gasteiger partial charge is 0.196 e. The first-order chi connectivity index (χ1) is 3.18. The zero-order valence-electron chi connectivity index (χ0n) is 4.14. The molecule has 0 saturated heterocycles. The number of nitrogens with zero attached hydrogens (tertiary/aromatic N) is 1. The van der Waals surface area contributed by atoms with Crippen LogP contribution < -0.4 is 0 Å². The molecular formula is C5H6NO+. The molecule has 0 unspecified atom stereocenters. The predicted molar refractivity (Wildman–Crippen MR) is 28.1 cm³/mol. The molecule has 0 aliphatic heterocycles. The molecule has 0 spiro atoms. The third-order valence-electron chi connectivity index (χ3n) is 0.482. The average Bonchev–Trinajstić information content (AvgIpc) is 1.65. The van der Waals surface area contributed by atoms with E-state index in [9.17, 15) is 4.79 Å². The summed E-state index contributed by atoms with van der Waals surface area (Å²) in [6.07, 6.45) is 0. The van der Waals surface area contributed by atoms with Crippen molar-refractivity contribution in [2.75, 3.05) is 0 Å². The van der Waals surface area contributed by atoms with Crippen molar-refractivity contribution >= 4 is 5.91 Å². The van der Waals surface area contributed by atoms with Crippen molar-refractivity contribution in [3.63, 3.8) is 0 Å². The van der Waals surface area contributed by atoms with Crippen molar-refractivity contribution in [3.05, 3.63) is 17.0 Å². The Morgan fingerprint density at radius 3 is 2.29 bits per heavy atom. The maximum atomic E-state index is 10.1. The first-order valence-electron chi connectivity index (χ1n) is 1.79. The minimum atomic E-state index is -0.444. The van der Waals surface area contributed by atoms with Crippen molar-refractivity contribution in [1.82, 2.24) is 0 Å². The maximum absolute atomic E-state index is 10.1. The van der Waals surface area contributed by atoms with E-state index >= 15 is 0 Å². The van der Waals surface area contributed by atoms with Crippen LogP contribution in [-0.4, -0.2) is 5.91 Å². The topological polar surface area (TPSA) is 21.4 Å². The zero-order chi connectivity index (χ0) is 5.86. The van der Waals surface area contributed by atoms with Crippen molar-refractivity contribution in [2.45, 2.75) is 6.92 Å². The first kappa shape index (κ1) is 5.90. The Morgan fingerprint density at radius 1 is 1.86 bits per heavy atom. The molecule has 0 atom stereocenters. The number of rotatable bonds is 1. The summed E-state index contributed by atoms with van der Waals surface area (Å²) in [4.78, 5) is 13.0. The minimum Gasteiger partial charge on any atom is -0.196 e. The lowest BCUT2D eigenvalue weighted by molar-refractivity contribution is -0.111. The van der Waals surface area contributed by atoms with Crippen LogP contribution in [0.5, 0.6) is 0 Å². The SMILES string of the molecule is C#[N+]C(=O)C(=C)C. The molecule has 0 radical (unpaired) electrons. The molecule has 36 valence electrons. The molecule has 0 aliphatic rings. The van der Waals surface area contributed by atoms with Crippen molar-refractivity contribution < 1.29 is 4.79 Å². The molecule has 0 heterocycles. The molecule has 0 rings (SSSR count). The molecule has 0 aromatic carbocycles. The van der Waals surface area contributed by atoms with Crippen LogP contribution in [-0.2, 0) is 4.79 Å². The third-order valence-corrected chi connectivity index (χ3v) is 0.482. The van der Waals surface area contributed by atoms with Gasteiger partial charge in [0.25, 0.3) is 6.57 Å². The van der Waals surface area contributed by atoms with Gasteiger partial charge >= 0.3 is 5.91 Å². The molecule has 0 bridgehead atoms. The van der Waals surface area contributed by atoms with Crippen LogP contribution in [0.4, 0.5) is 0 Å². The average molecular weight is 96.1 g/mol. The molecule has 0 aliphatic carbocycles. The molecule has 2 heteroatoms. The Morgan fingerprint density at radius 2 is 2.29 bits per heavy atom. The van der Waals surface area contributed by atoms with Crippen LogP contribution in [0.3, 0.4) is 0 Å². The van der Waals surface area contributed by atoms with Crippen molar-refractivity contribution in [1.29, 1.82) is 0 Å². The van der Waals surface area contributed by atoms with Gasteiger partial charge in [0.05, 0.1) is 5.57 Å². The first-order valence-corrected chi connectivity index (χ1v) is 1.79. The summed E-state index contributed by atoms with van der Waals surface area (Å²) in [6, 6.07) is 0. The fourth-order valence-corrected chi connectivity index (χ4v) is 0.110. The molecule has 2 nitrogen and oxygen atoms in total. The van der Waals surface area contributed by atoms with Gasteiger partial charge in [0.15, 0.2) is 0 Å². The summed E-state index contributed by atoms with van der Waals surface area (Å²) in [6.45, 7) is 9.44. The van der Waals surface area contributed by atoms with Crippen LogP contribution in [0.25, 0.3) is 4.85 Å². The Hall–Kier alpha value is -1.10. The molecule has 0 fully saturated rings. The van der Waals surface area contributed by atoms with Gasteiger partial charge in [-0.15, -0.1) is 0 Å². The Kier molecular flexibility index (Phi) is 1.80. The quantitative estimate of drug-likeness (QED) is 0.447. The Bertz CT molecular complexity index is 141. The Balaban J connectivity index is 3.90. The van der Waals surface area contributed by atoms with Crippen LogP contribution in [0.15, 0.2) is 12.2 Å². The number of hydrogen-bond acceptors (Lipinski definition) is 1. The fraction of sp³-hybridized carbons (Fsp3) is 0.200. The molecule has 0 aromatic heterocycles. The van der Waals surface area contributed by atoms with E-state index < -0.39 is 5.91 Å². The lowest BCUT2D eigenvalue weighted by Crippen LogP contribution is -1.86. The number of carbonyl (C=O) groups excluding carboxylic acids is 1. The second-order valence-corrected chi connectivity index (χ2v) is 1.21. The van der Waals surface area contributed by atoms with E-state index in [1.165, 1.54) is 0 Å². The van der Waals surface area contributed by atoms with Gasteiger partial charge in [0, 0.05) is 4.85 Å². The Labute approximate surface area is 42.3 Å². The van der Waals surface area contributed by atoms with Crippen LogP contribution in [0.1, 0.15) is 6.92 Å². The van der Waals surface area contributed by atoms with Crippen molar-refractivity contribution in [3.8, 4) is 6.57 Å². The van der Waals surface area contributed by atoms with Crippen LogP contribution >= 0.6 is 0 Å². The van der Waals surface area contributed by atoms with E-state index in [2.05, 4.69) is 18.0 Å². The standard InChI is InChI=1S/C5H6NO/c1-4(2)5(7)6-3/h3H,1H2,2H3/q+1. The van der Waals surface area contributed by atoms with Crippen LogP contribution in [0, 0.1) is 6.57 Å². The number of hydrogen-bond donors (Lipinski definition) is 0. The van der Waals surface area contributed by atoms with Gasteiger partial charge in [-0.05, 0) is 6.92 Å². The normalized spacial score (nSPS) is 6.86. The maximum Gasteiger partial charge on any atom is 0.542 e. The third kappa shape index (κ3) is 1.72. The van der Waals surface area contributed by atoms with Gasteiger partial charge in [0.2, 0.25) is 0 Å². The van der Waals surface area contributed by atoms with E-state index in [1.807, 2.05) is 0 Å². The lowest BCUT2D eigenvalue weighted by atomic mass is 10.3. The molecular weight excluding hydrogens is 90.1 g/mol. The highest BCUT2D eigenvalue weighted by atomic mass is 16.1. The van der Waals surface area contributed by atoms with Gasteiger partial charge in [-0.1, -0.05) is 6.58 Å².